The molecule has 1 aliphatic heterocycles. The third-order valence-corrected chi connectivity index (χ3v) is 2.15. The summed E-state index contributed by atoms with van der Waals surface area (Å²) in [7, 11) is 5.61. The lowest BCUT2D eigenvalue weighted by atomic mass is 10.4. The lowest BCUT2D eigenvalue weighted by Crippen LogP contribution is -2.53. The normalized spacial score (nSPS) is 23.6. The predicted molar refractivity (Wildman–Crippen MR) is 52.5 cm³/mol. The van der Waals surface area contributed by atoms with Crippen LogP contribution in [0.2, 0.25) is 0 Å². The second kappa shape index (κ2) is 4.26. The van der Waals surface area contributed by atoms with Gasteiger partial charge in [0.05, 0.1) is 0 Å². The fraction of sp³-hybridized carbons (Fsp3) is 0.444. The molecule has 5 nitrogen and oxygen atoms in total. The molecule has 14 heavy (non-hydrogen) atoms. The van der Waals surface area contributed by atoms with E-state index in [9.17, 15) is 4.79 Å². The van der Waals surface area contributed by atoms with E-state index in [-0.39, 0.29) is 6.23 Å². The monoisotopic (exact) mass is 197 g/mol. The van der Waals surface area contributed by atoms with E-state index >= 15 is 0 Å². The minimum atomic E-state index is -0.426. The second-order valence-corrected chi connectivity index (χ2v) is 3.01. The van der Waals surface area contributed by atoms with Crippen molar-refractivity contribution in [3.63, 3.8) is 0 Å². The quantitative estimate of drug-likeness (QED) is 0.466. The number of ether oxygens (including phenoxy) is 1. The highest BCUT2D eigenvalue weighted by atomic mass is 16.6. The number of hydrogen-bond donors (Lipinski definition) is 0. The van der Waals surface area contributed by atoms with Crippen molar-refractivity contribution in [1.29, 1.82) is 0 Å². The van der Waals surface area contributed by atoms with Crippen LogP contribution in [0, 0.1) is 0 Å². The van der Waals surface area contributed by atoms with Crippen molar-refractivity contribution in [1.82, 2.24) is 15.1 Å². The van der Waals surface area contributed by atoms with Gasteiger partial charge in [-0.2, -0.15) is 10.1 Å². The van der Waals surface area contributed by atoms with Crippen LogP contribution in [0.4, 0.5) is 0 Å². The Kier molecular flexibility index (Phi) is 3.27. The second-order valence-electron chi connectivity index (χ2n) is 3.01. The van der Waals surface area contributed by atoms with Crippen LogP contribution in [0.3, 0.4) is 0 Å². The van der Waals surface area contributed by atoms with Crippen LogP contribution in [0.5, 0.6) is 0 Å². The number of carbonyl (C=O) groups is 1. The Morgan fingerprint density at radius 2 is 2.14 bits per heavy atom. The van der Waals surface area contributed by atoms with Gasteiger partial charge in [-0.05, 0) is 6.08 Å². The number of hydrogen-bond acceptors (Lipinski definition) is 5. The van der Waals surface area contributed by atoms with Crippen LogP contribution in [0.1, 0.15) is 0 Å². The number of esters is 1. The van der Waals surface area contributed by atoms with Crippen molar-refractivity contribution in [3.8, 4) is 0 Å². The molecule has 78 valence electrons. The standard InChI is InChI=1S/C9H15N3O2/c1-5-9(13)14-8-6-7-10(2)12(4)11(8)3/h5-8H,1H2,2-4H3. The van der Waals surface area contributed by atoms with Gasteiger partial charge in [0.1, 0.15) is 0 Å². The Morgan fingerprint density at radius 1 is 1.50 bits per heavy atom. The first-order valence-electron chi connectivity index (χ1n) is 4.27. The zero-order valence-electron chi connectivity index (χ0n) is 8.67. The highest BCUT2D eigenvalue weighted by Crippen LogP contribution is 2.12. The summed E-state index contributed by atoms with van der Waals surface area (Å²) >= 11 is 0. The molecule has 0 aromatic rings. The topological polar surface area (TPSA) is 36.0 Å². The molecule has 0 amide bonds. The zero-order valence-corrected chi connectivity index (χ0v) is 8.67. The van der Waals surface area contributed by atoms with Gasteiger partial charge in [-0.15, -0.1) is 0 Å². The smallest absolute Gasteiger partial charge is 0.332 e. The van der Waals surface area contributed by atoms with Gasteiger partial charge in [0, 0.05) is 33.4 Å². The summed E-state index contributed by atoms with van der Waals surface area (Å²) in [4.78, 5) is 11.0. The number of likely N-dealkylation sites (N-methyl/N-ethyl adjacent to an activating group) is 1. The Bertz CT molecular complexity index is 265. The molecule has 0 fully saturated rings. The van der Waals surface area contributed by atoms with Crippen LogP contribution >= 0.6 is 0 Å². The number of nitrogens with zero attached hydrogens (tertiary/aromatic N) is 3. The first-order valence-corrected chi connectivity index (χ1v) is 4.27. The van der Waals surface area contributed by atoms with Crippen LogP contribution in [0.15, 0.2) is 24.9 Å². The first kappa shape index (κ1) is 10.7. The maximum absolute atomic E-state index is 11.0. The van der Waals surface area contributed by atoms with Crippen molar-refractivity contribution >= 4 is 5.97 Å². The maximum Gasteiger partial charge on any atom is 0.332 e. The number of hydrazine groups is 2. The summed E-state index contributed by atoms with van der Waals surface area (Å²) in [6, 6.07) is 0. The van der Waals surface area contributed by atoms with E-state index in [2.05, 4.69) is 6.58 Å². The average molecular weight is 197 g/mol. The summed E-state index contributed by atoms with van der Waals surface area (Å²) in [5.41, 5.74) is 0. The molecule has 1 rings (SSSR count). The van der Waals surface area contributed by atoms with Crippen LogP contribution < -0.4 is 0 Å². The molecule has 1 atom stereocenters. The Morgan fingerprint density at radius 3 is 2.71 bits per heavy atom. The average Bonchev–Trinajstić information content (AvgIpc) is 2.19. The SMILES string of the molecule is C=CC(=O)OC1C=CN(C)N(C)N1C. The fourth-order valence-electron chi connectivity index (χ4n) is 1.09. The van der Waals surface area contributed by atoms with Crippen LogP contribution in [-0.4, -0.2) is 48.5 Å². The van der Waals surface area contributed by atoms with Gasteiger partial charge in [-0.3, -0.25) is 0 Å². The Balaban J connectivity index is 2.66. The van der Waals surface area contributed by atoms with Gasteiger partial charge in [0.15, 0.2) is 6.23 Å². The van der Waals surface area contributed by atoms with Gasteiger partial charge in [0.2, 0.25) is 0 Å². The van der Waals surface area contributed by atoms with Gasteiger partial charge in [0.25, 0.3) is 0 Å². The van der Waals surface area contributed by atoms with E-state index in [0.29, 0.717) is 0 Å². The fourth-order valence-corrected chi connectivity index (χ4v) is 1.09. The van der Waals surface area contributed by atoms with E-state index in [0.717, 1.165) is 6.08 Å². The van der Waals surface area contributed by atoms with Crippen molar-refractivity contribution < 1.29 is 9.53 Å². The highest BCUT2D eigenvalue weighted by molar-refractivity contribution is 5.81. The summed E-state index contributed by atoms with van der Waals surface area (Å²) in [6.45, 7) is 3.34. The van der Waals surface area contributed by atoms with Gasteiger partial charge >= 0.3 is 5.97 Å². The largest absolute Gasteiger partial charge is 0.438 e. The number of carbonyl (C=O) groups excluding carboxylic acids is 1. The van der Waals surface area contributed by atoms with E-state index in [1.165, 1.54) is 0 Å². The van der Waals surface area contributed by atoms with Crippen LogP contribution in [0.25, 0.3) is 0 Å². The number of rotatable bonds is 2. The molecule has 0 radical (unpaired) electrons. The molecule has 1 aliphatic rings. The summed E-state index contributed by atoms with van der Waals surface area (Å²) < 4.78 is 5.09. The Labute approximate surface area is 83.8 Å². The van der Waals surface area contributed by atoms with E-state index < -0.39 is 5.97 Å². The molecule has 0 saturated heterocycles. The summed E-state index contributed by atoms with van der Waals surface area (Å²) in [5.74, 6) is -0.426. The predicted octanol–water partition coefficient (Wildman–Crippen LogP) is 0.194. The lowest BCUT2D eigenvalue weighted by molar-refractivity contribution is -0.202. The van der Waals surface area contributed by atoms with Gasteiger partial charge < -0.3 is 9.75 Å². The maximum atomic E-state index is 11.0. The molecular formula is C9H15N3O2. The van der Waals surface area contributed by atoms with Crippen LogP contribution in [-0.2, 0) is 9.53 Å². The molecule has 0 bridgehead atoms. The molecule has 0 spiro atoms. The van der Waals surface area contributed by atoms with Crippen molar-refractivity contribution in [3.05, 3.63) is 24.9 Å². The zero-order chi connectivity index (χ0) is 10.7. The lowest BCUT2D eigenvalue weighted by Gasteiger charge is -2.41. The Hall–Kier alpha value is -1.33. The summed E-state index contributed by atoms with van der Waals surface area (Å²) in [6.07, 6.45) is 4.41. The van der Waals surface area contributed by atoms with E-state index in [1.807, 2.05) is 37.5 Å². The van der Waals surface area contributed by atoms with Crippen molar-refractivity contribution in [2.75, 3.05) is 21.1 Å². The van der Waals surface area contributed by atoms with Gasteiger partial charge in [-0.25, -0.2) is 4.79 Å². The third kappa shape index (κ3) is 2.12. The van der Waals surface area contributed by atoms with Crippen molar-refractivity contribution in [2.45, 2.75) is 6.23 Å². The molecule has 0 aromatic carbocycles. The molecule has 1 unspecified atom stereocenters. The summed E-state index contributed by atoms with van der Waals surface area (Å²) in [5, 5.41) is 5.50. The van der Waals surface area contributed by atoms with Crippen molar-refractivity contribution in [2.24, 2.45) is 0 Å². The molecule has 1 heterocycles. The van der Waals surface area contributed by atoms with E-state index in [4.69, 9.17) is 4.74 Å². The minimum Gasteiger partial charge on any atom is -0.438 e. The molecule has 0 aliphatic carbocycles. The molecular weight excluding hydrogens is 182 g/mol. The molecule has 0 N–H and O–H groups in total. The third-order valence-electron chi connectivity index (χ3n) is 2.15. The van der Waals surface area contributed by atoms with E-state index in [1.54, 1.807) is 11.1 Å². The van der Waals surface area contributed by atoms with Gasteiger partial charge in [-0.1, -0.05) is 6.58 Å². The highest BCUT2D eigenvalue weighted by Gasteiger charge is 2.24. The first-order chi connectivity index (χ1) is 6.56. The minimum absolute atomic E-state index is 0.373. The molecule has 0 aromatic heterocycles. The molecule has 5 heteroatoms. The molecule has 0 saturated carbocycles.